The number of ether oxygens (including phenoxy) is 1. The van der Waals surface area contributed by atoms with E-state index in [4.69, 9.17) is 9.15 Å². The van der Waals surface area contributed by atoms with Gasteiger partial charge in [0.2, 0.25) is 0 Å². The zero-order valence-corrected chi connectivity index (χ0v) is 15.4. The highest BCUT2D eigenvalue weighted by molar-refractivity contribution is 6.05. The van der Waals surface area contributed by atoms with Gasteiger partial charge in [0, 0.05) is 11.4 Å². The number of carbonyl (C=O) groups excluding carboxylic acids is 2. The number of furan rings is 1. The van der Waals surface area contributed by atoms with Crippen LogP contribution in [0.15, 0.2) is 53.1 Å². The number of amides is 1. The number of hydrogen-bond acceptors (Lipinski definition) is 5. The molecule has 1 atom stereocenters. The van der Waals surface area contributed by atoms with Gasteiger partial charge in [-0.05, 0) is 37.6 Å². The summed E-state index contributed by atoms with van der Waals surface area (Å²) in [5.74, 6) is -0.324. The van der Waals surface area contributed by atoms with Crippen molar-refractivity contribution in [1.82, 2.24) is 10.3 Å². The molecule has 0 saturated carbocycles. The van der Waals surface area contributed by atoms with Crippen molar-refractivity contribution in [1.29, 1.82) is 0 Å². The fourth-order valence-electron chi connectivity index (χ4n) is 2.93. The Kier molecular flexibility index (Phi) is 5.86. The monoisotopic (exact) mass is 366 g/mol. The van der Waals surface area contributed by atoms with Gasteiger partial charge in [-0.3, -0.25) is 4.79 Å². The summed E-state index contributed by atoms with van der Waals surface area (Å²) < 4.78 is 10.6. The number of carbonyl (C=O) groups is 2. The Morgan fingerprint density at radius 3 is 2.78 bits per heavy atom. The Bertz CT molecular complexity index is 935. The fraction of sp³-hybridized carbons (Fsp3) is 0.286. The standard InChI is InChI=1S/C21H22N2O4/c1-3-7-14(2)22-20(24)13-27-21(25)16-12-18(19-10-6-11-26-19)23-17-9-5-4-8-15(16)17/h4-6,8-12,14H,3,7,13H2,1-2H3,(H,22,24)/t14-/m1/s1. The summed E-state index contributed by atoms with van der Waals surface area (Å²) in [5, 5.41) is 3.48. The van der Waals surface area contributed by atoms with Crippen LogP contribution in [-0.2, 0) is 9.53 Å². The van der Waals surface area contributed by atoms with Crippen LogP contribution >= 0.6 is 0 Å². The number of hydrogen-bond donors (Lipinski definition) is 1. The lowest BCUT2D eigenvalue weighted by Gasteiger charge is -2.13. The third-order valence-corrected chi connectivity index (χ3v) is 4.17. The normalized spacial score (nSPS) is 11.9. The molecule has 1 aromatic carbocycles. The summed E-state index contributed by atoms with van der Waals surface area (Å²) in [6, 6.07) is 12.5. The molecule has 0 aliphatic heterocycles. The number of pyridine rings is 1. The van der Waals surface area contributed by atoms with E-state index in [2.05, 4.69) is 10.3 Å². The summed E-state index contributed by atoms with van der Waals surface area (Å²) in [4.78, 5) is 29.1. The number of para-hydroxylation sites is 1. The molecule has 2 heterocycles. The van der Waals surface area contributed by atoms with Gasteiger partial charge in [0.25, 0.3) is 5.91 Å². The Morgan fingerprint density at radius 1 is 1.22 bits per heavy atom. The molecule has 6 nitrogen and oxygen atoms in total. The van der Waals surface area contributed by atoms with Crippen molar-refractivity contribution in [2.75, 3.05) is 6.61 Å². The quantitative estimate of drug-likeness (QED) is 0.640. The highest BCUT2D eigenvalue weighted by atomic mass is 16.5. The zero-order valence-electron chi connectivity index (χ0n) is 15.4. The van der Waals surface area contributed by atoms with Crippen LogP contribution < -0.4 is 5.32 Å². The van der Waals surface area contributed by atoms with Crippen LogP contribution in [0.4, 0.5) is 0 Å². The van der Waals surface area contributed by atoms with Gasteiger partial charge in [0.15, 0.2) is 12.4 Å². The van der Waals surface area contributed by atoms with Crippen LogP contribution in [0, 0.1) is 0 Å². The molecule has 27 heavy (non-hydrogen) atoms. The minimum Gasteiger partial charge on any atom is -0.463 e. The molecular formula is C21H22N2O4. The van der Waals surface area contributed by atoms with Crippen molar-refractivity contribution in [2.45, 2.75) is 32.7 Å². The van der Waals surface area contributed by atoms with E-state index in [1.807, 2.05) is 32.0 Å². The van der Waals surface area contributed by atoms with E-state index in [0.29, 0.717) is 27.9 Å². The molecule has 140 valence electrons. The van der Waals surface area contributed by atoms with E-state index >= 15 is 0 Å². The summed E-state index contributed by atoms with van der Waals surface area (Å²) in [6.45, 7) is 3.66. The third kappa shape index (κ3) is 4.53. The summed E-state index contributed by atoms with van der Waals surface area (Å²) >= 11 is 0. The topological polar surface area (TPSA) is 81.4 Å². The molecule has 0 fully saturated rings. The second-order valence-corrected chi connectivity index (χ2v) is 6.38. The van der Waals surface area contributed by atoms with Crippen LogP contribution in [0.5, 0.6) is 0 Å². The first kappa shape index (κ1) is 18.6. The molecule has 3 rings (SSSR count). The molecule has 0 radical (unpaired) electrons. The number of aromatic nitrogens is 1. The highest BCUT2D eigenvalue weighted by Gasteiger charge is 2.17. The van der Waals surface area contributed by atoms with Crippen molar-refractivity contribution in [3.8, 4) is 11.5 Å². The van der Waals surface area contributed by atoms with Crippen LogP contribution in [0.2, 0.25) is 0 Å². The smallest absolute Gasteiger partial charge is 0.339 e. The third-order valence-electron chi connectivity index (χ3n) is 4.17. The minimum atomic E-state index is -0.570. The largest absolute Gasteiger partial charge is 0.463 e. The molecule has 0 bridgehead atoms. The molecule has 1 N–H and O–H groups in total. The minimum absolute atomic E-state index is 0.0495. The summed E-state index contributed by atoms with van der Waals surface area (Å²) in [6.07, 6.45) is 3.40. The molecule has 0 saturated heterocycles. The molecule has 3 aromatic rings. The van der Waals surface area contributed by atoms with E-state index in [9.17, 15) is 9.59 Å². The van der Waals surface area contributed by atoms with Gasteiger partial charge in [-0.15, -0.1) is 0 Å². The Labute approximate surface area is 157 Å². The lowest BCUT2D eigenvalue weighted by Crippen LogP contribution is -2.35. The van der Waals surface area contributed by atoms with Gasteiger partial charge in [-0.25, -0.2) is 9.78 Å². The zero-order chi connectivity index (χ0) is 19.2. The van der Waals surface area contributed by atoms with Crippen molar-refractivity contribution in [2.24, 2.45) is 0 Å². The van der Waals surface area contributed by atoms with Crippen LogP contribution in [0.3, 0.4) is 0 Å². The average Bonchev–Trinajstić information content (AvgIpc) is 3.20. The predicted octanol–water partition coefficient (Wildman–Crippen LogP) is 3.96. The van der Waals surface area contributed by atoms with Crippen LogP contribution in [0.25, 0.3) is 22.4 Å². The molecule has 1 amide bonds. The van der Waals surface area contributed by atoms with E-state index in [1.165, 1.54) is 0 Å². The van der Waals surface area contributed by atoms with Crippen molar-refractivity contribution in [3.05, 3.63) is 54.3 Å². The maximum absolute atomic E-state index is 12.6. The Morgan fingerprint density at radius 2 is 2.04 bits per heavy atom. The fourth-order valence-corrected chi connectivity index (χ4v) is 2.93. The van der Waals surface area contributed by atoms with Crippen molar-refractivity contribution in [3.63, 3.8) is 0 Å². The van der Waals surface area contributed by atoms with Crippen LogP contribution in [-0.4, -0.2) is 29.5 Å². The van der Waals surface area contributed by atoms with Gasteiger partial charge in [0.1, 0.15) is 5.69 Å². The number of benzene rings is 1. The summed E-state index contributed by atoms with van der Waals surface area (Å²) in [7, 11) is 0. The predicted molar refractivity (Wildman–Crippen MR) is 102 cm³/mol. The first-order chi connectivity index (χ1) is 13.1. The number of nitrogens with one attached hydrogen (secondary N) is 1. The first-order valence-electron chi connectivity index (χ1n) is 8.98. The molecule has 0 unspecified atom stereocenters. The number of fused-ring (bicyclic) bond motifs is 1. The summed E-state index contributed by atoms with van der Waals surface area (Å²) in [5.41, 5.74) is 1.53. The maximum Gasteiger partial charge on any atom is 0.339 e. The number of rotatable bonds is 7. The SMILES string of the molecule is CCC[C@@H](C)NC(=O)COC(=O)c1cc(-c2ccco2)nc2ccccc12. The van der Waals surface area contributed by atoms with E-state index in [-0.39, 0.29) is 18.6 Å². The number of nitrogens with zero attached hydrogens (tertiary/aromatic N) is 1. The van der Waals surface area contributed by atoms with Crippen LogP contribution in [0.1, 0.15) is 37.0 Å². The van der Waals surface area contributed by atoms with Gasteiger partial charge < -0.3 is 14.5 Å². The molecule has 0 aliphatic rings. The molecule has 0 aliphatic carbocycles. The van der Waals surface area contributed by atoms with Gasteiger partial charge in [0.05, 0.1) is 17.3 Å². The van der Waals surface area contributed by atoms with Gasteiger partial charge in [-0.2, -0.15) is 0 Å². The molecule has 0 spiro atoms. The maximum atomic E-state index is 12.6. The second kappa shape index (κ2) is 8.49. The van der Waals surface area contributed by atoms with E-state index < -0.39 is 5.97 Å². The molecule has 2 aromatic heterocycles. The van der Waals surface area contributed by atoms with Crippen molar-refractivity contribution < 1.29 is 18.7 Å². The molecular weight excluding hydrogens is 344 g/mol. The molecule has 6 heteroatoms. The van der Waals surface area contributed by atoms with E-state index in [1.54, 1.807) is 30.5 Å². The van der Waals surface area contributed by atoms with Gasteiger partial charge >= 0.3 is 5.97 Å². The second-order valence-electron chi connectivity index (χ2n) is 6.38. The lowest BCUT2D eigenvalue weighted by molar-refractivity contribution is -0.124. The van der Waals surface area contributed by atoms with Gasteiger partial charge in [-0.1, -0.05) is 31.5 Å². The Hall–Kier alpha value is -3.15. The highest BCUT2D eigenvalue weighted by Crippen LogP contribution is 2.25. The number of esters is 1. The van der Waals surface area contributed by atoms with Crippen molar-refractivity contribution >= 4 is 22.8 Å². The first-order valence-corrected chi connectivity index (χ1v) is 8.98. The van der Waals surface area contributed by atoms with E-state index in [0.717, 1.165) is 12.8 Å². The Balaban J connectivity index is 1.80. The lowest BCUT2D eigenvalue weighted by atomic mass is 10.1. The average molecular weight is 366 g/mol.